The number of amides is 1. The molecular weight excluding hydrogens is 960 g/mol. The van der Waals surface area contributed by atoms with Crippen LogP contribution in [0.2, 0.25) is 0 Å². The number of aliphatic hydroxyl groups excluding tert-OH is 1. The number of nitrogens with one attached hydrogen (secondary N) is 1. The lowest BCUT2D eigenvalue weighted by Crippen LogP contribution is -2.45. The van der Waals surface area contributed by atoms with E-state index in [1.54, 1.807) is 6.08 Å². The van der Waals surface area contributed by atoms with Crippen molar-refractivity contribution < 1.29 is 32.9 Å². The first-order valence-electron chi connectivity index (χ1n) is 32.3. The number of likely N-dealkylation sites (N-methyl/N-ethyl adjacent to an activating group) is 1. The predicted molar refractivity (Wildman–Crippen MR) is 330 cm³/mol. The third kappa shape index (κ3) is 59.6. The normalized spacial score (nSPS) is 14.2. The molecule has 0 aromatic carbocycles. The first kappa shape index (κ1) is 73.9. The Morgan fingerprint density at radius 2 is 0.803 bits per heavy atom. The van der Waals surface area contributed by atoms with Crippen LogP contribution in [0.1, 0.15) is 296 Å². The minimum absolute atomic E-state index is 0.00205. The molecular formula is C67H125N2O6P. The van der Waals surface area contributed by atoms with Crippen molar-refractivity contribution in [2.75, 3.05) is 40.9 Å². The molecule has 0 rings (SSSR count). The number of carbonyl (C=O) groups excluding carboxylic acids is 1. The van der Waals surface area contributed by atoms with E-state index in [0.717, 1.165) is 70.6 Å². The summed E-state index contributed by atoms with van der Waals surface area (Å²) in [7, 11) is 1.27. The van der Waals surface area contributed by atoms with Gasteiger partial charge in [0, 0.05) is 6.42 Å². The summed E-state index contributed by atoms with van der Waals surface area (Å²) in [6.07, 6.45) is 79.9. The molecule has 3 atom stereocenters. The van der Waals surface area contributed by atoms with E-state index in [1.165, 1.54) is 205 Å². The number of aliphatic hydroxyl groups is 1. The molecule has 0 radical (unpaired) electrons. The molecule has 0 aliphatic heterocycles. The van der Waals surface area contributed by atoms with Crippen LogP contribution in [0.5, 0.6) is 0 Å². The number of phosphoric acid groups is 1. The van der Waals surface area contributed by atoms with Crippen LogP contribution < -0.4 is 10.2 Å². The van der Waals surface area contributed by atoms with Gasteiger partial charge in [0.2, 0.25) is 5.91 Å². The van der Waals surface area contributed by atoms with E-state index >= 15 is 0 Å². The van der Waals surface area contributed by atoms with E-state index in [2.05, 4.69) is 79.9 Å². The average molecular weight is 1090 g/mol. The summed E-state index contributed by atoms with van der Waals surface area (Å²) in [5.41, 5.74) is 0. The number of hydrogen-bond donors (Lipinski definition) is 2. The maximum atomic E-state index is 13.0. The van der Waals surface area contributed by atoms with E-state index in [1.807, 2.05) is 27.2 Å². The molecule has 0 saturated carbocycles. The van der Waals surface area contributed by atoms with Crippen molar-refractivity contribution >= 4 is 13.7 Å². The minimum Gasteiger partial charge on any atom is -0.756 e. The Morgan fingerprint density at radius 3 is 1.17 bits per heavy atom. The molecule has 76 heavy (non-hydrogen) atoms. The van der Waals surface area contributed by atoms with Crippen LogP contribution in [0.3, 0.4) is 0 Å². The summed E-state index contributed by atoms with van der Waals surface area (Å²) >= 11 is 0. The molecule has 8 nitrogen and oxygen atoms in total. The number of allylic oxidation sites excluding steroid dienone is 11. The summed E-state index contributed by atoms with van der Waals surface area (Å²) in [5.74, 6) is -0.196. The number of hydrogen-bond acceptors (Lipinski definition) is 6. The Morgan fingerprint density at radius 1 is 0.474 bits per heavy atom. The SMILES string of the molecule is CC/C=C\C/C=C\C/C=C\C/C=C\C/C=C\CCCCCCCCCCCCCCCCCC(=O)NC(COP(=O)([O-])OCC[N+](C)(C)C)C(O)/C=C/CCCCCCCCCCCCCCCCCCCCCCC. The number of phosphoric ester groups is 1. The molecule has 1 amide bonds. The van der Waals surface area contributed by atoms with Crippen LogP contribution in [-0.2, 0) is 18.4 Å². The van der Waals surface area contributed by atoms with E-state index in [9.17, 15) is 19.4 Å². The van der Waals surface area contributed by atoms with Crippen molar-refractivity contribution in [3.8, 4) is 0 Å². The fourth-order valence-electron chi connectivity index (χ4n) is 9.42. The zero-order valence-electron chi connectivity index (χ0n) is 50.7. The van der Waals surface area contributed by atoms with Crippen LogP contribution in [0.15, 0.2) is 72.9 Å². The van der Waals surface area contributed by atoms with Gasteiger partial charge in [-0.3, -0.25) is 9.36 Å². The molecule has 9 heteroatoms. The van der Waals surface area contributed by atoms with Gasteiger partial charge in [0.25, 0.3) is 7.82 Å². The number of rotatable bonds is 59. The second-order valence-electron chi connectivity index (χ2n) is 23.1. The minimum atomic E-state index is -4.60. The van der Waals surface area contributed by atoms with E-state index in [0.29, 0.717) is 17.4 Å². The molecule has 0 fully saturated rings. The average Bonchev–Trinajstić information content (AvgIpc) is 3.38. The fourth-order valence-corrected chi connectivity index (χ4v) is 10.1. The van der Waals surface area contributed by atoms with E-state index in [4.69, 9.17) is 9.05 Å². The summed E-state index contributed by atoms with van der Waals surface area (Å²) in [6.45, 7) is 4.57. The Hall–Kier alpha value is -2.06. The van der Waals surface area contributed by atoms with Crippen molar-refractivity contribution in [2.45, 2.75) is 309 Å². The molecule has 0 saturated heterocycles. The van der Waals surface area contributed by atoms with Gasteiger partial charge in [0.15, 0.2) is 0 Å². The van der Waals surface area contributed by atoms with Gasteiger partial charge >= 0.3 is 0 Å². The Balaban J connectivity index is 4.12. The van der Waals surface area contributed by atoms with Gasteiger partial charge in [-0.25, -0.2) is 0 Å². The maximum Gasteiger partial charge on any atom is 0.268 e. The summed E-state index contributed by atoms with van der Waals surface area (Å²) < 4.78 is 23.4. The van der Waals surface area contributed by atoms with Crippen molar-refractivity contribution in [2.24, 2.45) is 0 Å². The van der Waals surface area contributed by atoms with Gasteiger partial charge in [0.05, 0.1) is 39.9 Å². The zero-order valence-corrected chi connectivity index (χ0v) is 51.6. The van der Waals surface area contributed by atoms with Crippen LogP contribution in [0, 0.1) is 0 Å². The van der Waals surface area contributed by atoms with Crippen LogP contribution in [-0.4, -0.2) is 68.5 Å². The zero-order chi connectivity index (χ0) is 55.6. The van der Waals surface area contributed by atoms with Gasteiger partial charge in [-0.05, 0) is 64.2 Å². The summed E-state index contributed by atoms with van der Waals surface area (Å²) in [6, 6.07) is -0.890. The van der Waals surface area contributed by atoms with Crippen molar-refractivity contribution in [3.63, 3.8) is 0 Å². The molecule has 0 aliphatic rings. The molecule has 3 unspecified atom stereocenters. The quantitative estimate of drug-likeness (QED) is 0.0272. The molecule has 0 aromatic heterocycles. The summed E-state index contributed by atoms with van der Waals surface area (Å²) in [4.78, 5) is 25.6. The highest BCUT2D eigenvalue weighted by Crippen LogP contribution is 2.38. The topological polar surface area (TPSA) is 108 Å². The molecule has 2 N–H and O–H groups in total. The van der Waals surface area contributed by atoms with Gasteiger partial charge in [-0.1, -0.05) is 299 Å². The van der Waals surface area contributed by atoms with Gasteiger partial charge in [-0.2, -0.15) is 0 Å². The van der Waals surface area contributed by atoms with Crippen LogP contribution in [0.25, 0.3) is 0 Å². The Bertz CT molecular complexity index is 1470. The smallest absolute Gasteiger partial charge is 0.268 e. The van der Waals surface area contributed by atoms with Crippen LogP contribution in [0.4, 0.5) is 0 Å². The number of quaternary nitrogens is 1. The second-order valence-corrected chi connectivity index (χ2v) is 24.5. The number of unbranched alkanes of at least 4 members (excludes halogenated alkanes) is 36. The Kier molecular flexibility index (Phi) is 56.1. The maximum absolute atomic E-state index is 13.0. The highest BCUT2D eigenvalue weighted by atomic mass is 31.2. The Labute approximate surface area is 472 Å². The lowest BCUT2D eigenvalue weighted by Gasteiger charge is -2.29. The first-order valence-corrected chi connectivity index (χ1v) is 33.8. The summed E-state index contributed by atoms with van der Waals surface area (Å²) in [5, 5.41) is 13.9. The number of carbonyl (C=O) groups is 1. The van der Waals surface area contributed by atoms with Crippen molar-refractivity contribution in [1.82, 2.24) is 5.32 Å². The van der Waals surface area contributed by atoms with E-state index < -0.39 is 20.0 Å². The lowest BCUT2D eigenvalue weighted by molar-refractivity contribution is -0.870. The third-order valence-electron chi connectivity index (χ3n) is 14.4. The monoisotopic (exact) mass is 1080 g/mol. The lowest BCUT2D eigenvalue weighted by atomic mass is 10.0. The number of nitrogens with zero attached hydrogens (tertiary/aromatic N) is 1. The molecule has 0 bridgehead atoms. The molecule has 0 heterocycles. The largest absolute Gasteiger partial charge is 0.756 e. The predicted octanol–water partition coefficient (Wildman–Crippen LogP) is 19.6. The standard InChI is InChI=1S/C67H125N2O6P/c1-6-8-10-12-14-16-18-20-22-24-26-28-30-31-32-33-34-35-36-37-39-41-43-45-47-49-51-53-55-57-59-61-67(71)68-65(64-75-76(72,73)74-63-62-69(3,4)5)66(70)60-58-56-54-52-50-48-46-44-42-40-38-29-27-25-23-21-19-17-15-13-11-9-7-2/h8,10,14,16,20,22,26,28,31-32,58,60,65-66,70H,6-7,9,11-13,15,17-19,21,23-25,27,29-30,33-57,59,61-64H2,1-5H3,(H-,68,71,72,73)/b10-8-,16-14-,22-20-,28-26-,32-31-,60-58+. The molecule has 0 aliphatic carbocycles. The van der Waals surface area contributed by atoms with Crippen molar-refractivity contribution in [3.05, 3.63) is 72.9 Å². The molecule has 0 spiro atoms. The van der Waals surface area contributed by atoms with Crippen LogP contribution >= 0.6 is 7.82 Å². The van der Waals surface area contributed by atoms with Gasteiger partial charge in [-0.15, -0.1) is 0 Å². The van der Waals surface area contributed by atoms with Gasteiger partial charge < -0.3 is 28.8 Å². The fraction of sp³-hybridized carbons (Fsp3) is 0.806. The van der Waals surface area contributed by atoms with Gasteiger partial charge in [0.1, 0.15) is 13.2 Å². The first-order chi connectivity index (χ1) is 37.0. The molecule has 0 aromatic rings. The highest BCUT2D eigenvalue weighted by molar-refractivity contribution is 7.45. The third-order valence-corrected chi connectivity index (χ3v) is 15.4. The molecule has 444 valence electrons. The van der Waals surface area contributed by atoms with Crippen molar-refractivity contribution in [1.29, 1.82) is 0 Å². The van der Waals surface area contributed by atoms with E-state index in [-0.39, 0.29) is 19.1 Å². The highest BCUT2D eigenvalue weighted by Gasteiger charge is 2.23. The second kappa shape index (κ2) is 57.6.